The van der Waals surface area contributed by atoms with Gasteiger partial charge in [0.05, 0.1) is 29.8 Å². The quantitative estimate of drug-likeness (QED) is 0.602. The van der Waals surface area contributed by atoms with Crippen LogP contribution in [-0.2, 0) is 16.8 Å². The maximum Gasteiger partial charge on any atom is 0.490 e. The highest BCUT2D eigenvalue weighted by Gasteiger charge is 2.46. The summed E-state index contributed by atoms with van der Waals surface area (Å²) in [6.07, 6.45) is 0.527. The number of benzene rings is 1. The molecule has 1 fully saturated rings. The van der Waals surface area contributed by atoms with E-state index in [1.807, 2.05) is 65.3 Å². The minimum atomic E-state index is -5.08. The lowest BCUT2D eigenvalue weighted by molar-refractivity contribution is -0.192. The average molecular weight is 490 g/mol. The fourth-order valence-electron chi connectivity index (χ4n) is 4.60. The molecule has 1 N–H and O–H groups in total. The van der Waals surface area contributed by atoms with Crippen molar-refractivity contribution in [3.05, 3.63) is 71.9 Å². The zero-order valence-electron chi connectivity index (χ0n) is 19.0. The predicted octanol–water partition coefficient (Wildman–Crippen LogP) is 3.72. The highest BCUT2D eigenvalue weighted by molar-refractivity contribution is 5.96. The molecule has 1 amide bonds. The number of fused-ring (bicyclic) bond motifs is 2. The van der Waals surface area contributed by atoms with Gasteiger partial charge in [0.1, 0.15) is 5.76 Å². The number of halogens is 3. The first-order valence-corrected chi connectivity index (χ1v) is 11.0. The van der Waals surface area contributed by atoms with Gasteiger partial charge in [-0.05, 0) is 50.2 Å². The maximum atomic E-state index is 12.8. The van der Waals surface area contributed by atoms with E-state index in [9.17, 15) is 18.0 Å². The summed E-state index contributed by atoms with van der Waals surface area (Å²) in [6.45, 7) is 3.52. The van der Waals surface area contributed by atoms with Crippen molar-refractivity contribution < 1.29 is 32.3 Å². The third kappa shape index (κ3) is 5.24. The second-order valence-corrected chi connectivity index (χ2v) is 8.77. The van der Waals surface area contributed by atoms with Gasteiger partial charge in [0, 0.05) is 25.2 Å². The fourth-order valence-corrected chi connectivity index (χ4v) is 4.60. The number of carbonyl (C=O) groups excluding carboxylic acids is 1. The lowest BCUT2D eigenvalue weighted by Crippen LogP contribution is -2.53. The van der Waals surface area contributed by atoms with Gasteiger partial charge in [-0.15, -0.1) is 0 Å². The largest absolute Gasteiger partial charge is 0.490 e. The second-order valence-electron chi connectivity index (χ2n) is 8.77. The SMILES string of the molecule is CN1CC2(CCN(Cc3ccco3)CC2)c2nn(-c3ccccc3)cc2C1=O.O=C(O)C(F)(F)F. The summed E-state index contributed by atoms with van der Waals surface area (Å²) in [6, 6.07) is 14.0. The van der Waals surface area contributed by atoms with Gasteiger partial charge >= 0.3 is 12.1 Å². The monoisotopic (exact) mass is 490 g/mol. The molecule has 3 aromatic rings. The summed E-state index contributed by atoms with van der Waals surface area (Å²) in [5, 5.41) is 12.0. The molecule has 8 nitrogen and oxygen atoms in total. The number of aromatic nitrogens is 2. The third-order valence-electron chi connectivity index (χ3n) is 6.37. The van der Waals surface area contributed by atoms with Gasteiger partial charge in [-0.3, -0.25) is 9.69 Å². The number of rotatable bonds is 3. The molecule has 35 heavy (non-hydrogen) atoms. The molecule has 2 aliphatic rings. The Bertz CT molecular complexity index is 1170. The Kier molecular flexibility index (Phi) is 6.70. The van der Waals surface area contributed by atoms with Crippen LogP contribution in [0.1, 0.15) is 34.7 Å². The number of aliphatic carboxylic acids is 1. The molecule has 2 aliphatic heterocycles. The average Bonchev–Trinajstić information content (AvgIpc) is 3.50. The normalized spacial score (nSPS) is 17.6. The van der Waals surface area contributed by atoms with Crippen molar-refractivity contribution in [2.75, 3.05) is 26.7 Å². The summed E-state index contributed by atoms with van der Waals surface area (Å²) in [7, 11) is 1.90. The number of alkyl halides is 3. The zero-order chi connectivity index (χ0) is 25.2. The Labute approximate surface area is 199 Å². The Morgan fingerprint density at radius 2 is 1.80 bits per heavy atom. The molecule has 4 heterocycles. The number of hydrogen-bond donors (Lipinski definition) is 1. The van der Waals surface area contributed by atoms with Gasteiger partial charge in [0.25, 0.3) is 5.91 Å². The standard InChI is InChI=1S/C22H24N4O2.C2HF3O2/c1-24-16-22(9-11-25(12-10-22)14-18-8-5-13-28-18)20-19(21(24)27)15-26(23-20)17-6-3-2-4-7-17;3-2(4,5)1(6)7/h2-8,13,15H,9-12,14,16H2,1H3;(H,6,7). The van der Waals surface area contributed by atoms with Crippen LogP contribution < -0.4 is 0 Å². The zero-order valence-corrected chi connectivity index (χ0v) is 19.0. The first kappa shape index (κ1) is 24.5. The van der Waals surface area contributed by atoms with Crippen molar-refractivity contribution in [1.29, 1.82) is 0 Å². The van der Waals surface area contributed by atoms with E-state index >= 15 is 0 Å². The molecule has 0 radical (unpaired) electrons. The first-order valence-electron chi connectivity index (χ1n) is 11.0. The molecule has 1 saturated heterocycles. The Morgan fingerprint density at radius 1 is 1.14 bits per heavy atom. The third-order valence-corrected chi connectivity index (χ3v) is 6.37. The number of likely N-dealkylation sites (N-methyl/N-ethyl adjacent to an activating group) is 1. The van der Waals surface area contributed by atoms with Crippen LogP contribution in [-0.4, -0.2) is 69.4 Å². The van der Waals surface area contributed by atoms with Crippen LogP contribution in [0.4, 0.5) is 13.2 Å². The number of furan rings is 1. The van der Waals surface area contributed by atoms with E-state index in [2.05, 4.69) is 4.90 Å². The van der Waals surface area contributed by atoms with Crippen molar-refractivity contribution in [2.45, 2.75) is 31.0 Å². The van der Waals surface area contributed by atoms with Crippen LogP contribution >= 0.6 is 0 Å². The number of likely N-dealkylation sites (tertiary alicyclic amines) is 1. The van der Waals surface area contributed by atoms with E-state index in [-0.39, 0.29) is 11.3 Å². The number of amides is 1. The molecular weight excluding hydrogens is 465 g/mol. The molecule has 5 rings (SSSR count). The second kappa shape index (κ2) is 9.57. The molecule has 1 aromatic carbocycles. The molecule has 0 aliphatic carbocycles. The van der Waals surface area contributed by atoms with E-state index in [4.69, 9.17) is 19.4 Å². The van der Waals surface area contributed by atoms with E-state index < -0.39 is 12.1 Å². The van der Waals surface area contributed by atoms with E-state index in [0.29, 0.717) is 0 Å². The topological polar surface area (TPSA) is 91.8 Å². The highest BCUT2D eigenvalue weighted by atomic mass is 19.4. The van der Waals surface area contributed by atoms with Crippen molar-refractivity contribution in [3.8, 4) is 5.69 Å². The van der Waals surface area contributed by atoms with Crippen LogP contribution in [0.5, 0.6) is 0 Å². The van der Waals surface area contributed by atoms with Gasteiger partial charge in [0.2, 0.25) is 0 Å². The maximum absolute atomic E-state index is 12.8. The van der Waals surface area contributed by atoms with Crippen molar-refractivity contribution in [3.63, 3.8) is 0 Å². The Hall–Kier alpha value is -3.60. The molecular formula is C24H25F3N4O4. The molecule has 0 atom stereocenters. The molecule has 2 aromatic heterocycles. The highest BCUT2D eigenvalue weighted by Crippen LogP contribution is 2.41. The summed E-state index contributed by atoms with van der Waals surface area (Å²) in [5.74, 6) is -1.69. The number of carbonyl (C=O) groups is 2. The van der Waals surface area contributed by atoms with Crippen LogP contribution in [0, 0.1) is 0 Å². The van der Waals surface area contributed by atoms with Crippen LogP contribution in [0.25, 0.3) is 5.69 Å². The molecule has 0 bridgehead atoms. The summed E-state index contributed by atoms with van der Waals surface area (Å²) < 4.78 is 39.1. The van der Waals surface area contributed by atoms with E-state index in [0.717, 1.165) is 61.7 Å². The fraction of sp³-hybridized carbons (Fsp3) is 0.375. The predicted molar refractivity (Wildman–Crippen MR) is 119 cm³/mol. The van der Waals surface area contributed by atoms with E-state index in [1.54, 1.807) is 6.26 Å². The van der Waals surface area contributed by atoms with Gasteiger partial charge in [-0.2, -0.15) is 18.3 Å². The van der Waals surface area contributed by atoms with Crippen LogP contribution in [0.15, 0.2) is 59.3 Å². The molecule has 1 spiro atoms. The van der Waals surface area contributed by atoms with Gasteiger partial charge in [-0.25, -0.2) is 9.48 Å². The van der Waals surface area contributed by atoms with Crippen molar-refractivity contribution in [1.82, 2.24) is 19.6 Å². The summed E-state index contributed by atoms with van der Waals surface area (Å²) in [5.41, 5.74) is 2.63. The Balaban J connectivity index is 0.000000364. The number of carboxylic acid groups (broad SMARTS) is 1. The summed E-state index contributed by atoms with van der Waals surface area (Å²) >= 11 is 0. The minimum Gasteiger partial charge on any atom is -0.475 e. The lowest BCUT2D eigenvalue weighted by Gasteiger charge is -2.45. The minimum absolute atomic E-state index is 0.0702. The van der Waals surface area contributed by atoms with Gasteiger partial charge in [0.15, 0.2) is 0 Å². The molecule has 0 saturated carbocycles. The van der Waals surface area contributed by atoms with Crippen LogP contribution in [0.3, 0.4) is 0 Å². The Morgan fingerprint density at radius 3 is 2.37 bits per heavy atom. The lowest BCUT2D eigenvalue weighted by atomic mass is 9.72. The molecule has 186 valence electrons. The number of para-hydroxylation sites is 1. The number of piperidine rings is 1. The van der Waals surface area contributed by atoms with Crippen LogP contribution in [0.2, 0.25) is 0 Å². The summed E-state index contributed by atoms with van der Waals surface area (Å²) in [4.78, 5) is 26.0. The number of nitrogens with zero attached hydrogens (tertiary/aromatic N) is 4. The first-order chi connectivity index (χ1) is 16.6. The molecule has 11 heteroatoms. The van der Waals surface area contributed by atoms with Gasteiger partial charge < -0.3 is 14.4 Å². The molecule has 0 unspecified atom stereocenters. The van der Waals surface area contributed by atoms with E-state index in [1.165, 1.54) is 0 Å². The van der Waals surface area contributed by atoms with Crippen molar-refractivity contribution >= 4 is 11.9 Å². The number of hydrogen-bond acceptors (Lipinski definition) is 5. The number of carboxylic acids is 1. The van der Waals surface area contributed by atoms with Crippen molar-refractivity contribution in [2.24, 2.45) is 0 Å². The van der Waals surface area contributed by atoms with Gasteiger partial charge in [-0.1, -0.05) is 18.2 Å². The smallest absolute Gasteiger partial charge is 0.475 e.